The number of benzene rings is 1. The molecule has 22 heavy (non-hydrogen) atoms. The standard InChI is InChI=1S/C15H12N2O5/c18-13-12(22-15(21)9-5-2-1-3-6-9)11(14(19)20)16-10-7-4-8-17(10)13/h1-3,5-6H,4,7-8H2,(H,19,20). The van der Waals surface area contributed by atoms with Crippen molar-refractivity contribution >= 4 is 11.9 Å². The lowest BCUT2D eigenvalue weighted by molar-refractivity contribution is 0.0671. The number of aryl methyl sites for hydroxylation is 1. The average Bonchev–Trinajstić information content (AvgIpc) is 2.99. The number of carboxylic acids is 1. The van der Waals surface area contributed by atoms with E-state index in [0.29, 0.717) is 25.2 Å². The van der Waals surface area contributed by atoms with Gasteiger partial charge in [0, 0.05) is 13.0 Å². The van der Waals surface area contributed by atoms with Gasteiger partial charge in [0.15, 0.2) is 5.69 Å². The summed E-state index contributed by atoms with van der Waals surface area (Å²) in [5, 5.41) is 9.20. The summed E-state index contributed by atoms with van der Waals surface area (Å²) in [7, 11) is 0. The second-order valence-corrected chi connectivity index (χ2v) is 4.83. The van der Waals surface area contributed by atoms with Gasteiger partial charge >= 0.3 is 11.9 Å². The molecule has 1 aromatic carbocycles. The first-order valence-electron chi connectivity index (χ1n) is 6.72. The van der Waals surface area contributed by atoms with Gasteiger partial charge in [-0.25, -0.2) is 14.6 Å². The molecule has 0 fully saturated rings. The highest BCUT2D eigenvalue weighted by Crippen LogP contribution is 2.18. The zero-order valence-electron chi connectivity index (χ0n) is 11.5. The van der Waals surface area contributed by atoms with Crippen molar-refractivity contribution in [2.45, 2.75) is 19.4 Å². The lowest BCUT2D eigenvalue weighted by Gasteiger charge is -2.09. The van der Waals surface area contributed by atoms with Crippen molar-refractivity contribution in [1.82, 2.24) is 9.55 Å². The van der Waals surface area contributed by atoms with E-state index in [-0.39, 0.29) is 5.56 Å². The number of hydrogen-bond donors (Lipinski definition) is 1. The zero-order valence-corrected chi connectivity index (χ0v) is 11.5. The Bertz CT molecular complexity index is 811. The average molecular weight is 300 g/mol. The first-order chi connectivity index (χ1) is 10.6. The van der Waals surface area contributed by atoms with Gasteiger partial charge in [-0.3, -0.25) is 9.36 Å². The third-order valence-corrected chi connectivity index (χ3v) is 3.40. The highest BCUT2D eigenvalue weighted by Gasteiger charge is 2.26. The van der Waals surface area contributed by atoms with Crippen LogP contribution in [0.1, 0.15) is 33.1 Å². The molecule has 0 saturated carbocycles. The number of aromatic carboxylic acids is 1. The van der Waals surface area contributed by atoms with Gasteiger partial charge in [0.05, 0.1) is 5.56 Å². The quantitative estimate of drug-likeness (QED) is 0.852. The summed E-state index contributed by atoms with van der Waals surface area (Å²) in [6, 6.07) is 8.04. The summed E-state index contributed by atoms with van der Waals surface area (Å²) in [6.45, 7) is 0.441. The Morgan fingerprint density at radius 2 is 1.95 bits per heavy atom. The van der Waals surface area contributed by atoms with E-state index in [0.717, 1.165) is 0 Å². The second-order valence-electron chi connectivity index (χ2n) is 4.83. The molecule has 0 saturated heterocycles. The maximum absolute atomic E-state index is 12.3. The third kappa shape index (κ3) is 2.37. The minimum Gasteiger partial charge on any atom is -0.476 e. The minimum atomic E-state index is -1.40. The molecule has 1 aliphatic rings. The molecular formula is C15H12N2O5. The Morgan fingerprint density at radius 1 is 1.23 bits per heavy atom. The molecule has 0 amide bonds. The number of hydrogen-bond acceptors (Lipinski definition) is 5. The second kappa shape index (κ2) is 5.44. The van der Waals surface area contributed by atoms with Gasteiger partial charge in [-0.1, -0.05) is 18.2 Å². The predicted octanol–water partition coefficient (Wildman–Crippen LogP) is 1.11. The number of aromatic nitrogens is 2. The number of nitrogens with zero attached hydrogens (tertiary/aromatic N) is 2. The Balaban J connectivity index is 2.05. The maximum atomic E-state index is 12.3. The molecule has 2 aromatic rings. The molecule has 0 unspecified atom stereocenters. The van der Waals surface area contributed by atoms with E-state index in [1.807, 2.05) is 0 Å². The molecular weight excluding hydrogens is 288 g/mol. The molecule has 1 aliphatic heterocycles. The third-order valence-electron chi connectivity index (χ3n) is 3.40. The molecule has 112 valence electrons. The lowest BCUT2D eigenvalue weighted by Crippen LogP contribution is -2.28. The largest absolute Gasteiger partial charge is 0.476 e. The van der Waals surface area contributed by atoms with Crippen molar-refractivity contribution < 1.29 is 19.4 Å². The molecule has 0 bridgehead atoms. The van der Waals surface area contributed by atoms with Gasteiger partial charge in [-0.05, 0) is 18.6 Å². The van der Waals surface area contributed by atoms with Gasteiger partial charge in [-0.2, -0.15) is 0 Å². The highest BCUT2D eigenvalue weighted by molar-refractivity contribution is 5.94. The molecule has 1 N–H and O–H groups in total. The number of esters is 1. The van der Waals surface area contributed by atoms with Crippen LogP contribution in [-0.2, 0) is 13.0 Å². The van der Waals surface area contributed by atoms with Crippen LogP contribution in [0, 0.1) is 0 Å². The van der Waals surface area contributed by atoms with Crippen LogP contribution >= 0.6 is 0 Å². The molecule has 0 radical (unpaired) electrons. The van der Waals surface area contributed by atoms with Gasteiger partial charge < -0.3 is 9.84 Å². The Morgan fingerprint density at radius 3 is 2.64 bits per heavy atom. The fraction of sp³-hybridized carbons (Fsp3) is 0.200. The highest BCUT2D eigenvalue weighted by atomic mass is 16.5. The summed E-state index contributed by atoms with van der Waals surface area (Å²) in [4.78, 5) is 39.6. The van der Waals surface area contributed by atoms with E-state index in [1.54, 1.807) is 18.2 Å². The summed E-state index contributed by atoms with van der Waals surface area (Å²) < 4.78 is 6.38. The number of carbonyl (C=O) groups is 2. The van der Waals surface area contributed by atoms with Crippen LogP contribution in [0.2, 0.25) is 0 Å². The zero-order chi connectivity index (χ0) is 15.7. The molecule has 7 heteroatoms. The minimum absolute atomic E-state index is 0.226. The summed E-state index contributed by atoms with van der Waals surface area (Å²) in [6.07, 6.45) is 1.24. The van der Waals surface area contributed by atoms with Crippen LogP contribution in [0.4, 0.5) is 0 Å². The van der Waals surface area contributed by atoms with Crippen LogP contribution < -0.4 is 10.3 Å². The van der Waals surface area contributed by atoms with E-state index < -0.39 is 28.9 Å². The van der Waals surface area contributed by atoms with Crippen LogP contribution in [0.25, 0.3) is 0 Å². The van der Waals surface area contributed by atoms with Crippen molar-refractivity contribution in [2.75, 3.05) is 0 Å². The maximum Gasteiger partial charge on any atom is 0.358 e. The van der Waals surface area contributed by atoms with Gasteiger partial charge in [0.25, 0.3) is 5.56 Å². The molecule has 0 aliphatic carbocycles. The SMILES string of the molecule is O=C(Oc1c(C(=O)O)nc2n(c1=O)CCC2)c1ccccc1. The summed E-state index contributed by atoms with van der Waals surface area (Å²) in [5.41, 5.74) is -0.935. The first kappa shape index (κ1) is 14.0. The molecule has 3 rings (SSSR count). The normalized spacial score (nSPS) is 12.7. The molecule has 0 spiro atoms. The van der Waals surface area contributed by atoms with Gasteiger partial charge in [0.2, 0.25) is 5.75 Å². The molecule has 0 atom stereocenters. The topological polar surface area (TPSA) is 98.5 Å². The van der Waals surface area contributed by atoms with Gasteiger partial charge in [0.1, 0.15) is 5.82 Å². The number of carboxylic acid groups (broad SMARTS) is 1. The van der Waals surface area contributed by atoms with E-state index in [9.17, 15) is 19.5 Å². The predicted molar refractivity (Wildman–Crippen MR) is 75.2 cm³/mol. The Kier molecular flexibility index (Phi) is 3.46. The van der Waals surface area contributed by atoms with E-state index in [2.05, 4.69) is 4.98 Å². The first-order valence-corrected chi connectivity index (χ1v) is 6.72. The van der Waals surface area contributed by atoms with Crippen molar-refractivity contribution in [2.24, 2.45) is 0 Å². The van der Waals surface area contributed by atoms with Crippen LogP contribution in [0.15, 0.2) is 35.1 Å². The smallest absolute Gasteiger partial charge is 0.358 e. The Hall–Kier alpha value is -2.96. The fourth-order valence-electron chi connectivity index (χ4n) is 2.36. The lowest BCUT2D eigenvalue weighted by atomic mass is 10.2. The van der Waals surface area contributed by atoms with E-state index in [4.69, 9.17) is 4.74 Å². The van der Waals surface area contributed by atoms with Crippen molar-refractivity contribution in [3.05, 3.63) is 57.8 Å². The summed E-state index contributed by atoms with van der Waals surface area (Å²) >= 11 is 0. The number of ether oxygens (including phenoxy) is 1. The fourth-order valence-corrected chi connectivity index (χ4v) is 2.36. The van der Waals surface area contributed by atoms with Crippen LogP contribution in [0.3, 0.4) is 0 Å². The van der Waals surface area contributed by atoms with Gasteiger partial charge in [-0.15, -0.1) is 0 Å². The number of fused-ring (bicyclic) bond motifs is 1. The van der Waals surface area contributed by atoms with E-state index in [1.165, 1.54) is 16.7 Å². The van der Waals surface area contributed by atoms with Crippen molar-refractivity contribution in [3.63, 3.8) is 0 Å². The van der Waals surface area contributed by atoms with Crippen molar-refractivity contribution in [1.29, 1.82) is 0 Å². The molecule has 2 heterocycles. The molecule has 7 nitrogen and oxygen atoms in total. The summed E-state index contributed by atoms with van der Waals surface area (Å²) in [5.74, 6) is -2.32. The van der Waals surface area contributed by atoms with Crippen molar-refractivity contribution in [3.8, 4) is 5.75 Å². The van der Waals surface area contributed by atoms with Crippen LogP contribution in [0.5, 0.6) is 5.75 Å². The van der Waals surface area contributed by atoms with Crippen LogP contribution in [-0.4, -0.2) is 26.6 Å². The Labute approximate surface area is 124 Å². The van der Waals surface area contributed by atoms with E-state index >= 15 is 0 Å². The monoisotopic (exact) mass is 300 g/mol. The number of rotatable bonds is 3. The molecule has 1 aromatic heterocycles. The number of carbonyl (C=O) groups excluding carboxylic acids is 1.